The molecule has 0 bridgehead atoms. The summed E-state index contributed by atoms with van der Waals surface area (Å²) >= 11 is 5.95. The third-order valence-corrected chi connectivity index (χ3v) is 2.59. The molecule has 0 heterocycles. The summed E-state index contributed by atoms with van der Waals surface area (Å²) in [5.41, 5.74) is 6.38. The molecule has 1 aromatic rings. The van der Waals surface area contributed by atoms with E-state index in [9.17, 15) is 13.2 Å². The SMILES string of the molecule is NCCc1ccc(OCCCC(F)(F)F)c(Cl)c1. The Bertz CT molecular complexity index is 382. The first kappa shape index (κ1) is 15.1. The molecule has 6 heteroatoms. The third kappa shape index (κ3) is 5.60. The molecule has 1 rings (SSSR count). The molecule has 0 aromatic heterocycles. The molecule has 0 saturated heterocycles. The summed E-state index contributed by atoms with van der Waals surface area (Å²) < 4.78 is 40.9. The van der Waals surface area contributed by atoms with E-state index in [-0.39, 0.29) is 13.0 Å². The van der Waals surface area contributed by atoms with Gasteiger partial charge in [0.25, 0.3) is 0 Å². The Balaban J connectivity index is 2.43. The molecule has 0 atom stereocenters. The Morgan fingerprint density at radius 2 is 2.00 bits per heavy atom. The van der Waals surface area contributed by atoms with Crippen LogP contribution in [0.5, 0.6) is 5.75 Å². The predicted octanol–water partition coefficient (Wildman–Crippen LogP) is 3.56. The van der Waals surface area contributed by atoms with E-state index in [4.69, 9.17) is 22.1 Å². The zero-order valence-electron chi connectivity index (χ0n) is 9.77. The number of benzene rings is 1. The maximum absolute atomic E-state index is 11.9. The first-order chi connectivity index (χ1) is 8.42. The van der Waals surface area contributed by atoms with E-state index >= 15 is 0 Å². The lowest BCUT2D eigenvalue weighted by Crippen LogP contribution is -2.10. The van der Waals surface area contributed by atoms with Gasteiger partial charge in [-0.1, -0.05) is 17.7 Å². The predicted molar refractivity (Wildman–Crippen MR) is 65.0 cm³/mol. The van der Waals surface area contributed by atoms with Crippen molar-refractivity contribution in [1.29, 1.82) is 0 Å². The van der Waals surface area contributed by atoms with Crippen LogP contribution in [0.1, 0.15) is 18.4 Å². The van der Waals surface area contributed by atoms with Gasteiger partial charge in [0.2, 0.25) is 0 Å². The van der Waals surface area contributed by atoms with Crippen molar-refractivity contribution in [2.75, 3.05) is 13.2 Å². The highest BCUT2D eigenvalue weighted by atomic mass is 35.5. The number of nitrogens with two attached hydrogens (primary N) is 1. The van der Waals surface area contributed by atoms with Gasteiger partial charge in [-0.3, -0.25) is 0 Å². The molecule has 0 spiro atoms. The minimum Gasteiger partial charge on any atom is -0.492 e. The van der Waals surface area contributed by atoms with Crippen LogP contribution >= 0.6 is 11.6 Å². The molecular weight excluding hydrogens is 267 g/mol. The summed E-state index contributed by atoms with van der Waals surface area (Å²) in [6.45, 7) is 0.511. The number of alkyl halides is 3. The molecule has 0 aliphatic carbocycles. The summed E-state index contributed by atoms with van der Waals surface area (Å²) in [4.78, 5) is 0. The fourth-order valence-corrected chi connectivity index (χ4v) is 1.70. The summed E-state index contributed by atoms with van der Waals surface area (Å²) in [6, 6.07) is 5.17. The van der Waals surface area contributed by atoms with Gasteiger partial charge in [0.1, 0.15) is 5.75 Å². The standard InChI is InChI=1S/C12H15ClF3NO/c13-10-8-9(4-6-17)2-3-11(10)18-7-1-5-12(14,15)16/h2-3,8H,1,4-7,17H2. The van der Waals surface area contributed by atoms with Gasteiger partial charge in [-0.25, -0.2) is 0 Å². The van der Waals surface area contributed by atoms with Crippen molar-refractivity contribution in [3.63, 3.8) is 0 Å². The summed E-state index contributed by atoms with van der Waals surface area (Å²) in [7, 11) is 0. The van der Waals surface area contributed by atoms with Gasteiger partial charge in [0.15, 0.2) is 0 Å². The van der Waals surface area contributed by atoms with Crippen molar-refractivity contribution >= 4 is 11.6 Å². The lowest BCUT2D eigenvalue weighted by Gasteiger charge is -2.10. The smallest absolute Gasteiger partial charge is 0.389 e. The van der Waals surface area contributed by atoms with Crippen LogP contribution in [0.4, 0.5) is 13.2 Å². The molecule has 0 radical (unpaired) electrons. The van der Waals surface area contributed by atoms with Crippen molar-refractivity contribution in [3.05, 3.63) is 28.8 Å². The van der Waals surface area contributed by atoms with E-state index < -0.39 is 12.6 Å². The molecule has 0 unspecified atom stereocenters. The highest BCUT2D eigenvalue weighted by Gasteiger charge is 2.26. The maximum atomic E-state index is 11.9. The molecule has 0 aliphatic heterocycles. The van der Waals surface area contributed by atoms with Crippen LogP contribution in [0, 0.1) is 0 Å². The maximum Gasteiger partial charge on any atom is 0.389 e. The van der Waals surface area contributed by atoms with E-state index in [0.717, 1.165) is 5.56 Å². The van der Waals surface area contributed by atoms with Gasteiger partial charge >= 0.3 is 6.18 Å². The lowest BCUT2D eigenvalue weighted by molar-refractivity contribution is -0.136. The highest BCUT2D eigenvalue weighted by Crippen LogP contribution is 2.26. The van der Waals surface area contributed by atoms with Crippen LogP contribution in [-0.4, -0.2) is 19.3 Å². The molecule has 2 nitrogen and oxygen atoms in total. The van der Waals surface area contributed by atoms with Crippen molar-refractivity contribution in [1.82, 2.24) is 0 Å². The van der Waals surface area contributed by atoms with E-state index in [1.165, 1.54) is 0 Å². The van der Waals surface area contributed by atoms with Gasteiger partial charge in [0.05, 0.1) is 11.6 Å². The van der Waals surface area contributed by atoms with Gasteiger partial charge < -0.3 is 10.5 Å². The second-order valence-electron chi connectivity index (χ2n) is 3.87. The zero-order valence-corrected chi connectivity index (χ0v) is 10.5. The van der Waals surface area contributed by atoms with E-state index in [2.05, 4.69) is 0 Å². The molecule has 0 aliphatic rings. The number of hydrogen-bond donors (Lipinski definition) is 1. The fourth-order valence-electron chi connectivity index (χ4n) is 1.44. The number of halogens is 4. The average Bonchev–Trinajstić information content (AvgIpc) is 2.26. The summed E-state index contributed by atoms with van der Waals surface area (Å²) in [5, 5.41) is 0.396. The molecule has 0 amide bonds. The minimum atomic E-state index is -4.14. The van der Waals surface area contributed by atoms with E-state index in [1.807, 2.05) is 0 Å². The van der Waals surface area contributed by atoms with Gasteiger partial charge in [-0.2, -0.15) is 13.2 Å². The number of hydrogen-bond acceptors (Lipinski definition) is 2. The minimum absolute atomic E-state index is 0.00450. The van der Waals surface area contributed by atoms with Gasteiger partial charge in [0, 0.05) is 6.42 Å². The lowest BCUT2D eigenvalue weighted by atomic mass is 10.1. The Hall–Kier alpha value is -0.940. The van der Waals surface area contributed by atoms with Crippen LogP contribution in [0.15, 0.2) is 18.2 Å². The molecule has 0 fully saturated rings. The fraction of sp³-hybridized carbons (Fsp3) is 0.500. The van der Waals surface area contributed by atoms with Crippen LogP contribution in [-0.2, 0) is 6.42 Å². The Morgan fingerprint density at radius 3 is 2.56 bits per heavy atom. The van der Waals surface area contributed by atoms with Crippen molar-refractivity contribution < 1.29 is 17.9 Å². The Kier molecular flexibility index (Phi) is 5.75. The first-order valence-corrected chi connectivity index (χ1v) is 5.98. The van der Waals surface area contributed by atoms with Gasteiger partial charge in [-0.15, -0.1) is 0 Å². The highest BCUT2D eigenvalue weighted by molar-refractivity contribution is 6.32. The van der Waals surface area contributed by atoms with Crippen LogP contribution in [0.25, 0.3) is 0 Å². The Morgan fingerprint density at radius 1 is 1.28 bits per heavy atom. The second kappa shape index (κ2) is 6.85. The van der Waals surface area contributed by atoms with Crippen molar-refractivity contribution in [3.8, 4) is 5.75 Å². The van der Waals surface area contributed by atoms with Crippen molar-refractivity contribution in [2.45, 2.75) is 25.4 Å². The average molecular weight is 282 g/mol. The molecule has 0 saturated carbocycles. The number of ether oxygens (including phenoxy) is 1. The third-order valence-electron chi connectivity index (χ3n) is 2.29. The van der Waals surface area contributed by atoms with Crippen LogP contribution in [0.3, 0.4) is 0 Å². The normalized spacial score (nSPS) is 11.6. The molecule has 18 heavy (non-hydrogen) atoms. The number of rotatable bonds is 6. The molecule has 2 N–H and O–H groups in total. The molecule has 102 valence electrons. The topological polar surface area (TPSA) is 35.2 Å². The quantitative estimate of drug-likeness (QED) is 0.809. The molecular formula is C12H15ClF3NO. The molecule has 1 aromatic carbocycles. The van der Waals surface area contributed by atoms with Crippen LogP contribution in [0.2, 0.25) is 5.02 Å². The largest absolute Gasteiger partial charge is 0.492 e. The van der Waals surface area contributed by atoms with E-state index in [1.54, 1.807) is 18.2 Å². The summed E-state index contributed by atoms with van der Waals surface area (Å²) in [6.07, 6.45) is -4.37. The first-order valence-electron chi connectivity index (χ1n) is 5.60. The monoisotopic (exact) mass is 281 g/mol. The Labute approximate surface area is 109 Å². The second-order valence-corrected chi connectivity index (χ2v) is 4.28. The van der Waals surface area contributed by atoms with E-state index in [0.29, 0.717) is 23.7 Å². The zero-order chi connectivity index (χ0) is 13.6. The van der Waals surface area contributed by atoms with Gasteiger partial charge in [-0.05, 0) is 37.1 Å². The van der Waals surface area contributed by atoms with Crippen LogP contribution < -0.4 is 10.5 Å². The summed E-state index contributed by atoms with van der Waals surface area (Å²) in [5.74, 6) is 0.402. The van der Waals surface area contributed by atoms with Crippen molar-refractivity contribution in [2.24, 2.45) is 5.73 Å².